The van der Waals surface area contributed by atoms with Crippen LogP contribution in [0.5, 0.6) is 0 Å². The smallest absolute Gasteiger partial charge is 0.220 e. The van der Waals surface area contributed by atoms with Crippen molar-refractivity contribution < 1.29 is 39.8 Å². The van der Waals surface area contributed by atoms with Gasteiger partial charge in [-0.15, -0.1) is 0 Å². The van der Waals surface area contributed by atoms with E-state index >= 15 is 0 Å². The number of ether oxygens (including phenoxy) is 2. The molecule has 0 aromatic rings. The van der Waals surface area contributed by atoms with E-state index < -0.39 is 49.5 Å². The third-order valence-electron chi connectivity index (χ3n) is 15.9. The lowest BCUT2D eigenvalue weighted by molar-refractivity contribution is -0.302. The molecule has 0 aromatic heterocycles. The average Bonchev–Trinajstić information content (AvgIpc) is 3.39. The van der Waals surface area contributed by atoms with Crippen LogP contribution in [0, 0.1) is 0 Å². The molecule has 7 atom stereocenters. The van der Waals surface area contributed by atoms with Crippen LogP contribution in [0.1, 0.15) is 335 Å². The van der Waals surface area contributed by atoms with Crippen molar-refractivity contribution in [2.75, 3.05) is 13.2 Å². The zero-order valence-electron chi connectivity index (χ0n) is 48.4. The lowest BCUT2D eigenvalue weighted by Crippen LogP contribution is -2.60. The van der Waals surface area contributed by atoms with Gasteiger partial charge in [0.15, 0.2) is 6.29 Å². The summed E-state index contributed by atoms with van der Waals surface area (Å²) in [4.78, 5) is 13.1. The molecule has 0 spiro atoms. The van der Waals surface area contributed by atoms with Crippen molar-refractivity contribution in [3.05, 3.63) is 12.2 Å². The van der Waals surface area contributed by atoms with Crippen molar-refractivity contribution in [2.45, 2.75) is 378 Å². The van der Waals surface area contributed by atoms with Crippen LogP contribution < -0.4 is 5.32 Å². The Morgan fingerprint density at radius 1 is 0.452 bits per heavy atom. The standard InChI is InChI=1S/C64H125NO8/c1-3-5-7-9-11-13-15-17-19-21-23-24-25-26-27-28-29-30-31-32-33-34-36-38-40-42-44-46-48-50-52-54-60(68)65-57(56-72-64-63(71)62(70)61(69)59(55-66)73-64)58(67)53-51-49-47-45-43-41-39-37-35-22-20-18-16-14-12-10-8-6-4-2/h26-27,57-59,61-64,66-67,69-71H,3-25,28-56H2,1-2H3,(H,65,68)/b27-26-. The van der Waals surface area contributed by atoms with Crippen LogP contribution in [-0.4, -0.2) is 87.5 Å². The number of hydrogen-bond acceptors (Lipinski definition) is 8. The van der Waals surface area contributed by atoms with E-state index in [-0.39, 0.29) is 12.5 Å². The van der Waals surface area contributed by atoms with Crippen molar-refractivity contribution in [2.24, 2.45) is 0 Å². The number of aliphatic hydroxyl groups is 5. The second-order valence-corrected chi connectivity index (χ2v) is 22.9. The molecule has 0 aromatic carbocycles. The lowest BCUT2D eigenvalue weighted by atomic mass is 9.99. The van der Waals surface area contributed by atoms with E-state index in [1.54, 1.807) is 0 Å². The number of aliphatic hydroxyl groups excluding tert-OH is 5. The maximum absolute atomic E-state index is 13.1. The van der Waals surface area contributed by atoms with E-state index in [2.05, 4.69) is 31.3 Å². The van der Waals surface area contributed by atoms with Gasteiger partial charge in [-0.3, -0.25) is 4.79 Å². The Balaban J connectivity index is 2.11. The predicted molar refractivity (Wildman–Crippen MR) is 309 cm³/mol. The maximum atomic E-state index is 13.1. The molecular weight excluding hydrogens is 911 g/mol. The molecular formula is C64H125NO8. The fourth-order valence-electron chi connectivity index (χ4n) is 10.7. The molecule has 1 heterocycles. The highest BCUT2D eigenvalue weighted by molar-refractivity contribution is 5.76. The molecule has 434 valence electrons. The Hall–Kier alpha value is -1.07. The lowest BCUT2D eigenvalue weighted by Gasteiger charge is -2.40. The third-order valence-corrected chi connectivity index (χ3v) is 15.9. The molecule has 1 rings (SSSR count). The van der Waals surface area contributed by atoms with E-state index in [4.69, 9.17) is 9.47 Å². The van der Waals surface area contributed by atoms with Crippen LogP contribution in [0.15, 0.2) is 12.2 Å². The summed E-state index contributed by atoms with van der Waals surface area (Å²) in [6.07, 6.45) is 61.2. The van der Waals surface area contributed by atoms with Gasteiger partial charge in [-0.05, 0) is 38.5 Å². The van der Waals surface area contributed by atoms with Crippen molar-refractivity contribution in [1.82, 2.24) is 5.32 Å². The second kappa shape index (κ2) is 54.3. The predicted octanol–water partition coefficient (Wildman–Crippen LogP) is 16.7. The fourth-order valence-corrected chi connectivity index (χ4v) is 10.7. The first-order chi connectivity index (χ1) is 35.8. The van der Waals surface area contributed by atoms with Gasteiger partial charge in [0.25, 0.3) is 0 Å². The zero-order valence-corrected chi connectivity index (χ0v) is 48.4. The van der Waals surface area contributed by atoms with Gasteiger partial charge < -0.3 is 40.3 Å². The van der Waals surface area contributed by atoms with Crippen LogP contribution in [0.4, 0.5) is 0 Å². The fraction of sp³-hybridized carbons (Fsp3) is 0.953. The Kier molecular flexibility index (Phi) is 52.0. The largest absolute Gasteiger partial charge is 0.394 e. The average molecular weight is 1040 g/mol. The first-order valence-corrected chi connectivity index (χ1v) is 32.4. The molecule has 6 N–H and O–H groups in total. The number of allylic oxidation sites excluding steroid dienone is 2. The van der Waals surface area contributed by atoms with Gasteiger partial charge in [0, 0.05) is 6.42 Å². The summed E-state index contributed by atoms with van der Waals surface area (Å²) >= 11 is 0. The van der Waals surface area contributed by atoms with Gasteiger partial charge in [0.1, 0.15) is 24.4 Å². The van der Waals surface area contributed by atoms with Crippen LogP contribution in [0.3, 0.4) is 0 Å². The Morgan fingerprint density at radius 2 is 0.767 bits per heavy atom. The van der Waals surface area contributed by atoms with E-state index in [9.17, 15) is 30.3 Å². The van der Waals surface area contributed by atoms with Crippen molar-refractivity contribution >= 4 is 5.91 Å². The topological polar surface area (TPSA) is 149 Å². The summed E-state index contributed by atoms with van der Waals surface area (Å²) in [5.74, 6) is -0.137. The molecule has 73 heavy (non-hydrogen) atoms. The molecule has 0 bridgehead atoms. The molecule has 1 fully saturated rings. The molecule has 9 nitrogen and oxygen atoms in total. The summed E-state index contributed by atoms with van der Waals surface area (Å²) in [6.45, 7) is 3.89. The molecule has 0 saturated carbocycles. The normalized spacial score (nSPS) is 19.0. The van der Waals surface area contributed by atoms with Gasteiger partial charge in [-0.2, -0.15) is 0 Å². The second-order valence-electron chi connectivity index (χ2n) is 22.9. The highest BCUT2D eigenvalue weighted by Gasteiger charge is 2.44. The van der Waals surface area contributed by atoms with Crippen LogP contribution in [0.25, 0.3) is 0 Å². The number of amides is 1. The molecule has 0 aliphatic carbocycles. The van der Waals surface area contributed by atoms with Gasteiger partial charge >= 0.3 is 0 Å². The van der Waals surface area contributed by atoms with Gasteiger partial charge in [-0.25, -0.2) is 0 Å². The zero-order chi connectivity index (χ0) is 52.9. The molecule has 1 aliphatic rings. The number of carbonyl (C=O) groups excluding carboxylic acids is 1. The Bertz CT molecular complexity index is 1150. The quantitative estimate of drug-likeness (QED) is 0.0261. The van der Waals surface area contributed by atoms with Crippen LogP contribution in [0.2, 0.25) is 0 Å². The molecule has 0 radical (unpaired) electrons. The number of carbonyl (C=O) groups is 1. The highest BCUT2D eigenvalue weighted by Crippen LogP contribution is 2.24. The monoisotopic (exact) mass is 1040 g/mol. The Labute approximate surface area is 452 Å². The summed E-state index contributed by atoms with van der Waals surface area (Å²) in [5, 5.41) is 54.8. The van der Waals surface area contributed by atoms with Gasteiger partial charge in [0.2, 0.25) is 5.91 Å². The van der Waals surface area contributed by atoms with E-state index in [0.29, 0.717) is 12.8 Å². The van der Waals surface area contributed by atoms with E-state index in [0.717, 1.165) is 38.5 Å². The molecule has 9 heteroatoms. The number of hydrogen-bond donors (Lipinski definition) is 6. The highest BCUT2D eigenvalue weighted by atomic mass is 16.7. The summed E-state index contributed by atoms with van der Waals surface area (Å²) < 4.78 is 11.3. The van der Waals surface area contributed by atoms with Crippen LogP contribution in [-0.2, 0) is 14.3 Å². The first-order valence-electron chi connectivity index (χ1n) is 32.4. The molecule has 1 saturated heterocycles. The minimum atomic E-state index is -1.55. The maximum Gasteiger partial charge on any atom is 0.220 e. The van der Waals surface area contributed by atoms with Gasteiger partial charge in [-0.1, -0.05) is 302 Å². The molecule has 1 aliphatic heterocycles. The minimum Gasteiger partial charge on any atom is -0.394 e. The number of rotatable bonds is 57. The van der Waals surface area contributed by atoms with E-state index in [1.165, 1.54) is 270 Å². The minimum absolute atomic E-state index is 0.133. The third kappa shape index (κ3) is 43.6. The summed E-state index contributed by atoms with van der Waals surface area (Å²) in [7, 11) is 0. The summed E-state index contributed by atoms with van der Waals surface area (Å²) in [6, 6.07) is -0.716. The van der Waals surface area contributed by atoms with Crippen molar-refractivity contribution in [1.29, 1.82) is 0 Å². The SMILES string of the molecule is CCCCCCCCCCCCCC/C=C\CCCCCCCCCCCCCCCCCC(=O)NC(COC1OC(CO)C(O)C(O)C1O)C(O)CCCCCCCCCCCCCCCCCCCCC. The van der Waals surface area contributed by atoms with Crippen LogP contribution >= 0.6 is 0 Å². The van der Waals surface area contributed by atoms with E-state index in [1.807, 2.05) is 0 Å². The summed E-state index contributed by atoms with van der Waals surface area (Å²) in [5.41, 5.74) is 0. The Morgan fingerprint density at radius 3 is 1.11 bits per heavy atom. The van der Waals surface area contributed by atoms with Crippen molar-refractivity contribution in [3.63, 3.8) is 0 Å². The van der Waals surface area contributed by atoms with Crippen molar-refractivity contribution in [3.8, 4) is 0 Å². The number of unbranched alkanes of at least 4 members (excludes halogenated alkanes) is 45. The molecule has 7 unspecified atom stereocenters. The van der Waals surface area contributed by atoms with Gasteiger partial charge in [0.05, 0.1) is 25.4 Å². The number of nitrogens with one attached hydrogen (secondary N) is 1. The first kappa shape index (κ1) is 69.9. The molecule has 1 amide bonds.